The number of rotatable bonds is 3. The van der Waals surface area contributed by atoms with Gasteiger partial charge in [-0.15, -0.1) is 0 Å². The van der Waals surface area contributed by atoms with E-state index < -0.39 is 0 Å². The number of anilines is 1. The van der Waals surface area contributed by atoms with E-state index in [2.05, 4.69) is 26.2 Å². The van der Waals surface area contributed by atoms with Gasteiger partial charge in [0.25, 0.3) is 5.91 Å². The van der Waals surface area contributed by atoms with Crippen LogP contribution in [0.2, 0.25) is 0 Å². The van der Waals surface area contributed by atoms with E-state index in [1.54, 1.807) is 25.4 Å². The molecule has 98 valence electrons. The summed E-state index contributed by atoms with van der Waals surface area (Å²) < 4.78 is 0.912. The second-order valence-corrected chi connectivity index (χ2v) is 5.61. The van der Waals surface area contributed by atoms with Gasteiger partial charge in [-0.05, 0) is 46.3 Å². The Morgan fingerprint density at radius 2 is 2.21 bits per heavy atom. The molecule has 6 heteroatoms. The Morgan fingerprint density at radius 3 is 2.84 bits per heavy atom. The van der Waals surface area contributed by atoms with Crippen LogP contribution in [-0.2, 0) is 0 Å². The van der Waals surface area contributed by atoms with Crippen LogP contribution in [0.5, 0.6) is 0 Å². The Kier molecular flexibility index (Phi) is 4.44. The maximum atomic E-state index is 11.5. The number of carbonyl (C=O) groups excluding carboxylic acids is 1. The monoisotopic (exact) mass is 337 g/mol. The SMILES string of the molecule is CNC(=O)c1ccc(Sc2ncccc2Br)c(N)c1. The van der Waals surface area contributed by atoms with Crippen LogP contribution in [0.4, 0.5) is 5.69 Å². The molecule has 1 aromatic carbocycles. The molecule has 2 aromatic rings. The summed E-state index contributed by atoms with van der Waals surface area (Å²) in [7, 11) is 1.59. The molecule has 1 aromatic heterocycles. The fourth-order valence-corrected chi connectivity index (χ4v) is 2.78. The second-order valence-electron chi connectivity index (χ2n) is 3.72. The van der Waals surface area contributed by atoms with Gasteiger partial charge in [0, 0.05) is 29.4 Å². The number of nitrogens with one attached hydrogen (secondary N) is 1. The number of carbonyl (C=O) groups is 1. The highest BCUT2D eigenvalue weighted by molar-refractivity contribution is 9.10. The van der Waals surface area contributed by atoms with E-state index in [-0.39, 0.29) is 5.91 Å². The number of aromatic nitrogens is 1. The van der Waals surface area contributed by atoms with Crippen molar-refractivity contribution in [2.75, 3.05) is 12.8 Å². The molecule has 0 bridgehead atoms. The molecule has 0 radical (unpaired) electrons. The van der Waals surface area contributed by atoms with Crippen molar-refractivity contribution in [3.63, 3.8) is 0 Å². The van der Waals surface area contributed by atoms with Gasteiger partial charge in [-0.3, -0.25) is 4.79 Å². The van der Waals surface area contributed by atoms with Crippen LogP contribution in [0.1, 0.15) is 10.4 Å². The Hall–Kier alpha value is -1.53. The number of hydrogen-bond acceptors (Lipinski definition) is 4. The van der Waals surface area contributed by atoms with E-state index in [9.17, 15) is 4.79 Å². The Morgan fingerprint density at radius 1 is 1.42 bits per heavy atom. The van der Waals surface area contributed by atoms with Crippen LogP contribution < -0.4 is 11.1 Å². The van der Waals surface area contributed by atoms with Crippen molar-refractivity contribution < 1.29 is 4.79 Å². The smallest absolute Gasteiger partial charge is 0.251 e. The first-order valence-corrected chi connectivity index (χ1v) is 7.12. The molecule has 4 nitrogen and oxygen atoms in total. The minimum absolute atomic E-state index is 0.151. The molecule has 2 rings (SSSR count). The van der Waals surface area contributed by atoms with Crippen molar-refractivity contribution in [3.8, 4) is 0 Å². The first kappa shape index (κ1) is 13.9. The average Bonchev–Trinajstić information content (AvgIpc) is 2.42. The standard InChI is InChI=1S/C13H12BrN3OS/c1-16-12(18)8-4-5-11(10(15)7-8)19-13-9(14)3-2-6-17-13/h2-7H,15H2,1H3,(H,16,18). The topological polar surface area (TPSA) is 68.0 Å². The summed E-state index contributed by atoms with van der Waals surface area (Å²) in [5.74, 6) is -0.151. The minimum atomic E-state index is -0.151. The highest BCUT2D eigenvalue weighted by Gasteiger charge is 2.09. The lowest BCUT2D eigenvalue weighted by molar-refractivity contribution is 0.0963. The van der Waals surface area contributed by atoms with Crippen LogP contribution >= 0.6 is 27.7 Å². The Balaban J connectivity index is 2.27. The number of amides is 1. The van der Waals surface area contributed by atoms with E-state index >= 15 is 0 Å². The molecule has 0 aliphatic rings. The van der Waals surface area contributed by atoms with Crippen LogP contribution in [0, 0.1) is 0 Å². The molecule has 0 saturated heterocycles. The average molecular weight is 338 g/mol. The summed E-state index contributed by atoms with van der Waals surface area (Å²) >= 11 is 4.89. The molecule has 0 spiro atoms. The largest absolute Gasteiger partial charge is 0.398 e. The van der Waals surface area contributed by atoms with Gasteiger partial charge in [0.1, 0.15) is 5.03 Å². The number of halogens is 1. The van der Waals surface area contributed by atoms with Crippen LogP contribution in [0.3, 0.4) is 0 Å². The Bertz CT molecular complexity index is 619. The molecular formula is C13H12BrN3OS. The molecule has 19 heavy (non-hydrogen) atoms. The van der Waals surface area contributed by atoms with Crippen LogP contribution in [-0.4, -0.2) is 17.9 Å². The molecule has 1 amide bonds. The molecular weight excluding hydrogens is 326 g/mol. The van der Waals surface area contributed by atoms with Crippen molar-refractivity contribution in [2.24, 2.45) is 0 Å². The maximum Gasteiger partial charge on any atom is 0.251 e. The quantitative estimate of drug-likeness (QED) is 0.845. The molecule has 3 N–H and O–H groups in total. The number of hydrogen-bond donors (Lipinski definition) is 2. The fraction of sp³-hybridized carbons (Fsp3) is 0.0769. The third-order valence-corrected chi connectivity index (χ3v) is 4.44. The first-order chi connectivity index (χ1) is 9.11. The summed E-state index contributed by atoms with van der Waals surface area (Å²) in [6.07, 6.45) is 1.72. The van der Waals surface area contributed by atoms with Gasteiger partial charge in [0.15, 0.2) is 0 Å². The lowest BCUT2D eigenvalue weighted by Crippen LogP contribution is -2.17. The van der Waals surface area contributed by atoms with Gasteiger partial charge in [0.05, 0.1) is 4.47 Å². The summed E-state index contributed by atoms with van der Waals surface area (Å²) in [5.41, 5.74) is 7.07. The lowest BCUT2D eigenvalue weighted by Gasteiger charge is -2.08. The van der Waals surface area contributed by atoms with Crippen LogP contribution in [0.25, 0.3) is 0 Å². The van der Waals surface area contributed by atoms with Crippen molar-refractivity contribution >= 4 is 39.3 Å². The minimum Gasteiger partial charge on any atom is -0.398 e. The molecule has 1 heterocycles. The zero-order valence-corrected chi connectivity index (χ0v) is 12.6. The molecule has 0 aliphatic carbocycles. The highest BCUT2D eigenvalue weighted by Crippen LogP contribution is 2.35. The summed E-state index contributed by atoms with van der Waals surface area (Å²) in [5, 5.41) is 3.40. The third-order valence-electron chi connectivity index (χ3n) is 2.43. The third kappa shape index (κ3) is 3.27. The predicted molar refractivity (Wildman–Crippen MR) is 80.3 cm³/mol. The second kappa shape index (κ2) is 6.08. The normalized spacial score (nSPS) is 10.2. The van der Waals surface area contributed by atoms with E-state index in [0.717, 1.165) is 14.4 Å². The molecule has 0 aliphatic heterocycles. The molecule has 0 atom stereocenters. The van der Waals surface area contributed by atoms with E-state index in [1.165, 1.54) is 11.8 Å². The molecule has 0 saturated carbocycles. The van der Waals surface area contributed by atoms with Crippen molar-refractivity contribution in [1.29, 1.82) is 0 Å². The van der Waals surface area contributed by atoms with Crippen molar-refractivity contribution in [2.45, 2.75) is 9.92 Å². The van der Waals surface area contributed by atoms with Gasteiger partial charge in [0.2, 0.25) is 0 Å². The molecule has 0 unspecified atom stereocenters. The number of benzene rings is 1. The van der Waals surface area contributed by atoms with Gasteiger partial charge >= 0.3 is 0 Å². The van der Waals surface area contributed by atoms with E-state index in [1.807, 2.05) is 18.2 Å². The van der Waals surface area contributed by atoms with Gasteiger partial charge in [-0.2, -0.15) is 0 Å². The van der Waals surface area contributed by atoms with Gasteiger partial charge in [-0.1, -0.05) is 11.8 Å². The highest BCUT2D eigenvalue weighted by atomic mass is 79.9. The van der Waals surface area contributed by atoms with E-state index in [4.69, 9.17) is 5.73 Å². The number of nitrogens with two attached hydrogens (primary N) is 1. The molecule has 0 fully saturated rings. The Labute approximate surface area is 123 Å². The zero-order valence-electron chi connectivity index (χ0n) is 10.2. The van der Waals surface area contributed by atoms with Crippen LogP contribution in [0.15, 0.2) is 50.9 Å². The lowest BCUT2D eigenvalue weighted by atomic mass is 10.2. The van der Waals surface area contributed by atoms with E-state index in [0.29, 0.717) is 11.3 Å². The van der Waals surface area contributed by atoms with Gasteiger partial charge < -0.3 is 11.1 Å². The number of pyridine rings is 1. The summed E-state index contributed by atoms with van der Waals surface area (Å²) in [6.45, 7) is 0. The predicted octanol–water partition coefficient (Wildman–Crippen LogP) is 2.94. The first-order valence-electron chi connectivity index (χ1n) is 5.52. The maximum absolute atomic E-state index is 11.5. The zero-order chi connectivity index (χ0) is 13.8. The van der Waals surface area contributed by atoms with Gasteiger partial charge in [-0.25, -0.2) is 4.98 Å². The number of nitrogen functional groups attached to an aromatic ring is 1. The van der Waals surface area contributed by atoms with Crippen molar-refractivity contribution in [1.82, 2.24) is 10.3 Å². The van der Waals surface area contributed by atoms with Crippen molar-refractivity contribution in [3.05, 3.63) is 46.6 Å². The summed E-state index contributed by atoms with van der Waals surface area (Å²) in [6, 6.07) is 9.01. The number of nitrogens with zero attached hydrogens (tertiary/aromatic N) is 1. The fourth-order valence-electron chi connectivity index (χ4n) is 1.48. The summed E-state index contributed by atoms with van der Waals surface area (Å²) in [4.78, 5) is 16.6.